The molecule has 0 radical (unpaired) electrons. The van der Waals surface area contributed by atoms with E-state index in [1.165, 1.54) is 28.0 Å². The van der Waals surface area contributed by atoms with E-state index in [2.05, 4.69) is 6.92 Å². The Morgan fingerprint density at radius 2 is 2.08 bits per heavy atom. The zero-order valence-electron chi connectivity index (χ0n) is 13.7. The fraction of sp³-hybridized carbons (Fsp3) is 0.529. The highest BCUT2D eigenvalue weighted by molar-refractivity contribution is 6.31. The predicted octanol–water partition coefficient (Wildman–Crippen LogP) is 0.579. The molecular formula is C17H22ClFN3O2+. The van der Waals surface area contributed by atoms with Crippen LogP contribution >= 0.6 is 11.6 Å². The van der Waals surface area contributed by atoms with Crippen LogP contribution in [-0.4, -0.2) is 56.0 Å². The number of nitrogens with zero attached hydrogens (tertiary/aromatic N) is 2. The highest BCUT2D eigenvalue weighted by atomic mass is 35.5. The van der Waals surface area contributed by atoms with Gasteiger partial charge in [-0.15, -0.1) is 0 Å². The highest BCUT2D eigenvalue weighted by Gasteiger charge is 2.38. The molecule has 5 nitrogen and oxygen atoms in total. The maximum Gasteiger partial charge on any atom is 0.228 e. The van der Waals surface area contributed by atoms with Crippen LogP contribution < -0.4 is 9.80 Å². The number of anilines is 1. The molecule has 0 bridgehead atoms. The molecule has 2 aliphatic rings. The van der Waals surface area contributed by atoms with Crippen LogP contribution in [0.2, 0.25) is 5.02 Å². The summed E-state index contributed by atoms with van der Waals surface area (Å²) >= 11 is 5.80. The van der Waals surface area contributed by atoms with Crippen LogP contribution in [-0.2, 0) is 9.59 Å². The zero-order chi connectivity index (χ0) is 17.3. The molecule has 24 heavy (non-hydrogen) atoms. The standard InChI is InChI=1S/C17H21ClFN3O2/c1-2-20-5-7-21(8-6-20)17(24)12-9-16(23)22(11-12)13-3-4-15(19)14(18)10-13/h3-4,10,12H,2,5-9,11H2,1H3/p+1. The average molecular weight is 355 g/mol. The van der Waals surface area contributed by atoms with Crippen molar-refractivity contribution in [2.75, 3.05) is 44.2 Å². The lowest BCUT2D eigenvalue weighted by Gasteiger charge is -2.33. The number of halogens is 2. The minimum absolute atomic E-state index is 0.0197. The molecule has 0 saturated carbocycles. The van der Waals surface area contributed by atoms with Crippen molar-refractivity contribution in [2.24, 2.45) is 5.92 Å². The normalized spacial score (nSPS) is 22.3. The number of quaternary nitrogens is 1. The van der Waals surface area contributed by atoms with Crippen molar-refractivity contribution >= 4 is 29.1 Å². The van der Waals surface area contributed by atoms with Crippen molar-refractivity contribution in [1.29, 1.82) is 0 Å². The van der Waals surface area contributed by atoms with Crippen molar-refractivity contribution in [3.63, 3.8) is 0 Å². The van der Waals surface area contributed by atoms with Crippen LogP contribution in [0.3, 0.4) is 0 Å². The van der Waals surface area contributed by atoms with Gasteiger partial charge in [-0.2, -0.15) is 0 Å². The summed E-state index contributed by atoms with van der Waals surface area (Å²) in [4.78, 5) is 29.9. The second kappa shape index (κ2) is 7.07. The van der Waals surface area contributed by atoms with E-state index in [1.54, 1.807) is 0 Å². The van der Waals surface area contributed by atoms with Gasteiger partial charge in [0, 0.05) is 18.7 Å². The maximum absolute atomic E-state index is 13.3. The van der Waals surface area contributed by atoms with Gasteiger partial charge in [0.2, 0.25) is 11.8 Å². The third kappa shape index (κ3) is 3.39. The molecule has 1 aromatic rings. The largest absolute Gasteiger partial charge is 0.332 e. The van der Waals surface area contributed by atoms with Gasteiger partial charge >= 0.3 is 0 Å². The smallest absolute Gasteiger partial charge is 0.228 e. The molecule has 1 N–H and O–H groups in total. The van der Waals surface area contributed by atoms with Crippen LogP contribution in [0.1, 0.15) is 13.3 Å². The Hall–Kier alpha value is -1.66. The van der Waals surface area contributed by atoms with Crippen LogP contribution in [0, 0.1) is 11.7 Å². The molecule has 2 amide bonds. The Morgan fingerprint density at radius 1 is 1.38 bits per heavy atom. The molecule has 0 aliphatic carbocycles. The lowest BCUT2D eigenvalue weighted by atomic mass is 10.1. The van der Waals surface area contributed by atoms with Gasteiger partial charge < -0.3 is 14.7 Å². The van der Waals surface area contributed by atoms with Gasteiger partial charge in [0.25, 0.3) is 0 Å². The van der Waals surface area contributed by atoms with E-state index in [9.17, 15) is 14.0 Å². The molecular weight excluding hydrogens is 333 g/mol. The number of hydrogen-bond donors (Lipinski definition) is 1. The van der Waals surface area contributed by atoms with Crippen LogP contribution in [0.15, 0.2) is 18.2 Å². The van der Waals surface area contributed by atoms with Crippen LogP contribution in [0.5, 0.6) is 0 Å². The lowest BCUT2D eigenvalue weighted by molar-refractivity contribution is -0.902. The molecule has 2 heterocycles. The molecule has 7 heteroatoms. The Kier molecular flexibility index (Phi) is 5.06. The van der Waals surface area contributed by atoms with Crippen LogP contribution in [0.4, 0.5) is 10.1 Å². The Bertz CT molecular complexity index is 647. The van der Waals surface area contributed by atoms with Gasteiger partial charge in [-0.3, -0.25) is 9.59 Å². The molecule has 130 valence electrons. The lowest BCUT2D eigenvalue weighted by Crippen LogP contribution is -3.14. The van der Waals surface area contributed by atoms with Gasteiger partial charge in [-0.1, -0.05) is 11.6 Å². The SMILES string of the molecule is CC[NH+]1CCN(C(=O)C2CC(=O)N(c3ccc(F)c(Cl)c3)C2)CC1. The summed E-state index contributed by atoms with van der Waals surface area (Å²) in [6.07, 6.45) is 0.203. The van der Waals surface area contributed by atoms with Gasteiger partial charge in [0.05, 0.1) is 43.7 Å². The Morgan fingerprint density at radius 3 is 2.71 bits per heavy atom. The molecule has 1 aromatic carbocycles. The minimum atomic E-state index is -0.518. The van der Waals surface area contributed by atoms with E-state index in [0.29, 0.717) is 12.2 Å². The third-order valence-corrected chi connectivity index (χ3v) is 5.26. The van der Waals surface area contributed by atoms with Gasteiger partial charge in [0.1, 0.15) is 5.82 Å². The van der Waals surface area contributed by atoms with Gasteiger partial charge in [0.15, 0.2) is 0 Å². The molecule has 0 spiro atoms. The zero-order valence-corrected chi connectivity index (χ0v) is 14.5. The minimum Gasteiger partial charge on any atom is -0.332 e. The third-order valence-electron chi connectivity index (χ3n) is 4.97. The molecule has 1 atom stereocenters. The van der Waals surface area contributed by atoms with E-state index in [-0.39, 0.29) is 29.2 Å². The Labute approximate surface area is 146 Å². The van der Waals surface area contributed by atoms with Crippen LogP contribution in [0.25, 0.3) is 0 Å². The first-order valence-corrected chi connectivity index (χ1v) is 8.75. The first kappa shape index (κ1) is 17.2. The molecule has 1 unspecified atom stereocenters. The number of likely N-dealkylation sites (N-methyl/N-ethyl adjacent to an activating group) is 1. The van der Waals surface area contributed by atoms with E-state index in [1.807, 2.05) is 4.90 Å². The summed E-state index contributed by atoms with van der Waals surface area (Å²) in [6, 6.07) is 4.20. The van der Waals surface area contributed by atoms with E-state index >= 15 is 0 Å². The number of carbonyl (C=O) groups is 2. The van der Waals surface area contributed by atoms with E-state index in [0.717, 1.165) is 32.7 Å². The average Bonchev–Trinajstić information content (AvgIpc) is 2.98. The highest BCUT2D eigenvalue weighted by Crippen LogP contribution is 2.29. The quantitative estimate of drug-likeness (QED) is 0.863. The van der Waals surface area contributed by atoms with Crippen molar-refractivity contribution < 1.29 is 18.9 Å². The van der Waals surface area contributed by atoms with Crippen molar-refractivity contribution in [3.8, 4) is 0 Å². The number of hydrogen-bond acceptors (Lipinski definition) is 2. The molecule has 2 aliphatic heterocycles. The summed E-state index contributed by atoms with van der Waals surface area (Å²) in [5.41, 5.74) is 0.543. The number of amides is 2. The van der Waals surface area contributed by atoms with Gasteiger partial charge in [-0.25, -0.2) is 4.39 Å². The summed E-state index contributed by atoms with van der Waals surface area (Å²) in [5.74, 6) is -0.913. The van der Waals surface area contributed by atoms with Crippen molar-refractivity contribution in [1.82, 2.24) is 4.90 Å². The summed E-state index contributed by atoms with van der Waals surface area (Å²) in [7, 11) is 0. The fourth-order valence-corrected chi connectivity index (χ4v) is 3.61. The number of rotatable bonds is 3. The molecule has 2 saturated heterocycles. The number of piperazine rings is 1. The monoisotopic (exact) mass is 354 g/mol. The number of nitrogens with one attached hydrogen (secondary N) is 1. The topological polar surface area (TPSA) is 45.1 Å². The van der Waals surface area contributed by atoms with Crippen molar-refractivity contribution in [3.05, 3.63) is 29.0 Å². The fourth-order valence-electron chi connectivity index (χ4n) is 3.43. The Balaban J connectivity index is 1.66. The first-order valence-electron chi connectivity index (χ1n) is 8.37. The predicted molar refractivity (Wildman–Crippen MR) is 89.7 cm³/mol. The summed E-state index contributed by atoms with van der Waals surface area (Å²) < 4.78 is 13.3. The number of benzene rings is 1. The summed E-state index contributed by atoms with van der Waals surface area (Å²) in [6.45, 7) is 6.96. The maximum atomic E-state index is 13.3. The van der Waals surface area contributed by atoms with Gasteiger partial charge in [-0.05, 0) is 25.1 Å². The van der Waals surface area contributed by atoms with Crippen molar-refractivity contribution in [2.45, 2.75) is 13.3 Å². The first-order chi connectivity index (χ1) is 11.5. The molecule has 0 aromatic heterocycles. The summed E-state index contributed by atoms with van der Waals surface area (Å²) in [5, 5.41) is -0.0197. The second-order valence-corrected chi connectivity index (χ2v) is 6.84. The number of carbonyl (C=O) groups excluding carboxylic acids is 2. The molecule has 3 rings (SSSR count). The van der Waals surface area contributed by atoms with E-state index in [4.69, 9.17) is 11.6 Å². The molecule has 2 fully saturated rings. The van der Waals surface area contributed by atoms with E-state index < -0.39 is 5.82 Å². The second-order valence-electron chi connectivity index (χ2n) is 6.43.